The highest BCUT2D eigenvalue weighted by molar-refractivity contribution is 5.42. The standard InChI is InChI=1S/C14H17F3N2O2/c1-21-13-4-3-11(8-18)7-12(13)9-19(5-2-6-20)10-14(15,16)17/h3-4,7,20H,2,5-6,9-10H2,1H3. The summed E-state index contributed by atoms with van der Waals surface area (Å²) in [6.07, 6.45) is -4.08. The first-order chi connectivity index (χ1) is 9.89. The smallest absolute Gasteiger partial charge is 0.401 e. The lowest BCUT2D eigenvalue weighted by Gasteiger charge is -2.24. The van der Waals surface area contributed by atoms with Crippen molar-refractivity contribution < 1.29 is 23.0 Å². The molecule has 0 saturated carbocycles. The Morgan fingerprint density at radius 3 is 2.62 bits per heavy atom. The van der Waals surface area contributed by atoms with E-state index in [-0.39, 0.29) is 26.1 Å². The van der Waals surface area contributed by atoms with Crippen LogP contribution in [0, 0.1) is 11.3 Å². The predicted molar refractivity (Wildman–Crippen MR) is 70.7 cm³/mol. The fraction of sp³-hybridized carbons (Fsp3) is 0.500. The molecule has 1 aromatic carbocycles. The number of nitriles is 1. The molecule has 0 atom stereocenters. The Hall–Kier alpha value is -1.78. The van der Waals surface area contributed by atoms with Gasteiger partial charge in [-0.3, -0.25) is 4.90 Å². The van der Waals surface area contributed by atoms with E-state index in [2.05, 4.69) is 0 Å². The van der Waals surface area contributed by atoms with Crippen molar-refractivity contribution in [3.8, 4) is 11.8 Å². The molecule has 0 amide bonds. The van der Waals surface area contributed by atoms with Crippen molar-refractivity contribution in [2.45, 2.75) is 19.1 Å². The summed E-state index contributed by atoms with van der Waals surface area (Å²) in [6, 6.07) is 6.57. The summed E-state index contributed by atoms with van der Waals surface area (Å²) < 4.78 is 42.8. The summed E-state index contributed by atoms with van der Waals surface area (Å²) in [4.78, 5) is 1.18. The van der Waals surface area contributed by atoms with Gasteiger partial charge < -0.3 is 9.84 Å². The number of halogens is 3. The molecule has 0 spiro atoms. The third-order valence-electron chi connectivity index (χ3n) is 2.84. The van der Waals surface area contributed by atoms with Crippen molar-refractivity contribution in [1.29, 1.82) is 5.26 Å². The van der Waals surface area contributed by atoms with Gasteiger partial charge in [0.2, 0.25) is 0 Å². The largest absolute Gasteiger partial charge is 0.496 e. The number of hydrogen-bond donors (Lipinski definition) is 1. The highest BCUT2D eigenvalue weighted by Crippen LogP contribution is 2.24. The number of rotatable bonds is 7. The quantitative estimate of drug-likeness (QED) is 0.840. The Labute approximate surface area is 121 Å². The summed E-state index contributed by atoms with van der Waals surface area (Å²) in [7, 11) is 1.42. The van der Waals surface area contributed by atoms with Crippen LogP contribution >= 0.6 is 0 Å². The number of hydrogen-bond acceptors (Lipinski definition) is 4. The topological polar surface area (TPSA) is 56.5 Å². The average Bonchev–Trinajstić information content (AvgIpc) is 2.43. The Morgan fingerprint density at radius 2 is 2.10 bits per heavy atom. The van der Waals surface area contributed by atoms with Crippen LogP contribution in [0.3, 0.4) is 0 Å². The maximum atomic E-state index is 12.6. The van der Waals surface area contributed by atoms with Crippen molar-refractivity contribution >= 4 is 0 Å². The summed E-state index contributed by atoms with van der Waals surface area (Å²) in [5.74, 6) is 0.435. The number of benzene rings is 1. The Kier molecular flexibility index (Phi) is 6.46. The lowest BCUT2D eigenvalue weighted by molar-refractivity contribution is -0.147. The number of aliphatic hydroxyl groups is 1. The van der Waals surface area contributed by atoms with Crippen LogP contribution in [0.15, 0.2) is 18.2 Å². The Balaban J connectivity index is 2.93. The van der Waals surface area contributed by atoms with Crippen molar-refractivity contribution in [3.63, 3.8) is 0 Å². The average molecular weight is 302 g/mol. The first-order valence-corrected chi connectivity index (χ1v) is 6.36. The zero-order valence-corrected chi connectivity index (χ0v) is 11.7. The van der Waals surface area contributed by atoms with E-state index >= 15 is 0 Å². The number of methoxy groups -OCH3 is 1. The molecule has 0 aliphatic rings. The number of ether oxygens (including phenoxy) is 1. The van der Waals surface area contributed by atoms with Gasteiger partial charge in [0, 0.05) is 25.3 Å². The monoisotopic (exact) mass is 302 g/mol. The predicted octanol–water partition coefficient (Wildman–Crippen LogP) is 2.31. The second-order valence-electron chi connectivity index (χ2n) is 4.54. The summed E-state index contributed by atoms with van der Waals surface area (Å²) in [5.41, 5.74) is 0.874. The minimum absolute atomic E-state index is 0.00178. The van der Waals surface area contributed by atoms with E-state index in [9.17, 15) is 13.2 Å². The zero-order valence-electron chi connectivity index (χ0n) is 11.7. The normalized spacial score (nSPS) is 11.5. The molecule has 0 aromatic heterocycles. The number of alkyl halides is 3. The fourth-order valence-electron chi connectivity index (χ4n) is 1.97. The Morgan fingerprint density at radius 1 is 1.38 bits per heavy atom. The van der Waals surface area contributed by atoms with Crippen LogP contribution in [0.25, 0.3) is 0 Å². The summed E-state index contributed by atoms with van der Waals surface area (Å²) >= 11 is 0. The van der Waals surface area contributed by atoms with Gasteiger partial charge in [-0.2, -0.15) is 18.4 Å². The first-order valence-electron chi connectivity index (χ1n) is 6.36. The molecule has 7 heteroatoms. The third kappa shape index (κ3) is 6.02. The molecule has 116 valence electrons. The van der Waals surface area contributed by atoms with E-state index < -0.39 is 12.7 Å². The molecular weight excluding hydrogens is 285 g/mol. The SMILES string of the molecule is COc1ccc(C#N)cc1CN(CCCO)CC(F)(F)F. The van der Waals surface area contributed by atoms with Crippen molar-refractivity contribution in [3.05, 3.63) is 29.3 Å². The molecule has 0 bridgehead atoms. The molecule has 0 heterocycles. The molecule has 0 aliphatic carbocycles. The van der Waals surface area contributed by atoms with Crippen molar-refractivity contribution in [2.75, 3.05) is 26.8 Å². The minimum atomic E-state index is -4.32. The van der Waals surface area contributed by atoms with Crippen LogP contribution in [0.4, 0.5) is 13.2 Å². The van der Waals surface area contributed by atoms with Crippen molar-refractivity contribution in [2.24, 2.45) is 0 Å². The second-order valence-corrected chi connectivity index (χ2v) is 4.54. The molecule has 1 rings (SSSR count). The molecule has 0 fully saturated rings. The van der Waals surface area contributed by atoms with Crippen molar-refractivity contribution in [1.82, 2.24) is 4.90 Å². The van der Waals surface area contributed by atoms with Gasteiger partial charge in [0.15, 0.2) is 0 Å². The van der Waals surface area contributed by atoms with Gasteiger partial charge >= 0.3 is 6.18 Å². The Bertz CT molecular complexity index is 498. The van der Waals surface area contributed by atoms with Crippen LogP contribution in [0.5, 0.6) is 5.75 Å². The lowest BCUT2D eigenvalue weighted by atomic mass is 10.1. The van der Waals surface area contributed by atoms with E-state index in [1.807, 2.05) is 6.07 Å². The highest BCUT2D eigenvalue weighted by Gasteiger charge is 2.30. The van der Waals surface area contributed by atoms with Gasteiger partial charge in [-0.1, -0.05) is 0 Å². The van der Waals surface area contributed by atoms with Crippen LogP contribution in [0.2, 0.25) is 0 Å². The van der Waals surface area contributed by atoms with Crippen LogP contribution in [0.1, 0.15) is 17.5 Å². The molecule has 4 nitrogen and oxygen atoms in total. The molecular formula is C14H17F3N2O2. The molecule has 1 aromatic rings. The molecule has 1 N–H and O–H groups in total. The van der Waals surface area contributed by atoms with Gasteiger partial charge in [-0.05, 0) is 24.6 Å². The van der Waals surface area contributed by atoms with Crippen LogP contribution in [-0.2, 0) is 6.54 Å². The van der Waals surface area contributed by atoms with Gasteiger partial charge in [0.05, 0.1) is 25.3 Å². The first kappa shape index (κ1) is 17.3. The zero-order chi connectivity index (χ0) is 15.9. The minimum Gasteiger partial charge on any atom is -0.496 e. The van der Waals surface area contributed by atoms with E-state index in [1.165, 1.54) is 18.1 Å². The summed E-state index contributed by atoms with van der Waals surface area (Å²) in [6.45, 7) is -1.15. The third-order valence-corrected chi connectivity index (χ3v) is 2.84. The van der Waals surface area contributed by atoms with E-state index in [1.54, 1.807) is 12.1 Å². The molecule has 0 radical (unpaired) electrons. The molecule has 0 saturated heterocycles. The molecule has 0 unspecified atom stereocenters. The maximum absolute atomic E-state index is 12.6. The maximum Gasteiger partial charge on any atom is 0.401 e. The lowest BCUT2D eigenvalue weighted by Crippen LogP contribution is -2.35. The van der Waals surface area contributed by atoms with Gasteiger partial charge in [-0.15, -0.1) is 0 Å². The fourth-order valence-corrected chi connectivity index (χ4v) is 1.97. The highest BCUT2D eigenvalue weighted by atomic mass is 19.4. The van der Waals surface area contributed by atoms with Crippen LogP contribution in [-0.4, -0.2) is 43.0 Å². The number of aliphatic hydroxyl groups excluding tert-OH is 1. The second kappa shape index (κ2) is 7.86. The number of nitrogens with zero attached hydrogens (tertiary/aromatic N) is 2. The van der Waals surface area contributed by atoms with E-state index in [0.29, 0.717) is 16.9 Å². The summed E-state index contributed by atoms with van der Waals surface area (Å²) in [5, 5.41) is 17.7. The van der Waals surface area contributed by atoms with Gasteiger partial charge in [-0.25, -0.2) is 0 Å². The van der Waals surface area contributed by atoms with E-state index in [0.717, 1.165) is 0 Å². The van der Waals surface area contributed by atoms with Gasteiger partial charge in [0.25, 0.3) is 0 Å². The molecule has 21 heavy (non-hydrogen) atoms. The van der Waals surface area contributed by atoms with Gasteiger partial charge in [0.1, 0.15) is 5.75 Å². The molecule has 0 aliphatic heterocycles. The van der Waals surface area contributed by atoms with E-state index in [4.69, 9.17) is 15.1 Å². The van der Waals surface area contributed by atoms with Crippen LogP contribution < -0.4 is 4.74 Å².